The van der Waals surface area contributed by atoms with Crippen LogP contribution in [-0.4, -0.2) is 0 Å². The lowest BCUT2D eigenvalue weighted by atomic mass is 10.1. The second-order valence-electron chi connectivity index (χ2n) is 4.36. The molecule has 0 atom stereocenters. The number of benzene rings is 3. The van der Waals surface area contributed by atoms with Gasteiger partial charge in [-0.15, -0.1) is 0 Å². The number of para-hydroxylation sites is 1. The molecular weight excluding hydrogens is 256 g/mol. The highest BCUT2D eigenvalue weighted by Crippen LogP contribution is 2.25. The zero-order chi connectivity index (χ0) is 13.1. The van der Waals surface area contributed by atoms with Crippen LogP contribution in [0.25, 0.3) is 10.8 Å². The van der Waals surface area contributed by atoms with Gasteiger partial charge in [0.15, 0.2) is 0 Å². The molecule has 3 rings (SSSR count). The molecule has 0 saturated heterocycles. The number of hydrogen-bond donors (Lipinski definition) is 0. The largest absolute Gasteiger partial charge is 0.487 e. The highest BCUT2D eigenvalue weighted by atomic mass is 35.5. The molecule has 0 N–H and O–H groups in total. The fourth-order valence-electron chi connectivity index (χ4n) is 2.14. The highest BCUT2D eigenvalue weighted by molar-refractivity contribution is 6.32. The van der Waals surface area contributed by atoms with Gasteiger partial charge in [0.25, 0.3) is 0 Å². The molecule has 3 aromatic carbocycles. The van der Waals surface area contributed by atoms with Crippen LogP contribution >= 0.6 is 11.6 Å². The van der Waals surface area contributed by atoms with E-state index in [-0.39, 0.29) is 0 Å². The summed E-state index contributed by atoms with van der Waals surface area (Å²) in [7, 11) is 0. The maximum atomic E-state index is 6.08. The first-order chi connectivity index (χ1) is 9.34. The van der Waals surface area contributed by atoms with Gasteiger partial charge in [-0.1, -0.05) is 66.2 Å². The van der Waals surface area contributed by atoms with E-state index >= 15 is 0 Å². The molecule has 0 aliphatic rings. The number of fused-ring (bicyclic) bond motifs is 1. The lowest BCUT2D eigenvalue weighted by Gasteiger charge is -2.10. The molecular formula is C17H13ClO. The van der Waals surface area contributed by atoms with E-state index in [1.165, 1.54) is 10.8 Å². The van der Waals surface area contributed by atoms with Crippen molar-refractivity contribution in [3.05, 3.63) is 77.3 Å². The van der Waals surface area contributed by atoms with Gasteiger partial charge in [-0.3, -0.25) is 0 Å². The molecule has 2 heteroatoms. The molecule has 0 unspecified atom stereocenters. The molecule has 0 spiro atoms. The normalized spacial score (nSPS) is 10.6. The zero-order valence-corrected chi connectivity index (χ0v) is 11.1. The number of halogens is 1. The van der Waals surface area contributed by atoms with E-state index < -0.39 is 0 Å². The lowest BCUT2D eigenvalue weighted by Crippen LogP contribution is -1.96. The van der Waals surface area contributed by atoms with Gasteiger partial charge < -0.3 is 4.74 Å². The summed E-state index contributed by atoms with van der Waals surface area (Å²) in [5.41, 5.74) is 1.16. The Morgan fingerprint density at radius 2 is 1.53 bits per heavy atom. The van der Waals surface area contributed by atoms with Crippen LogP contribution in [0.2, 0.25) is 5.02 Å². The number of rotatable bonds is 3. The summed E-state index contributed by atoms with van der Waals surface area (Å²) in [6.07, 6.45) is 0. The third kappa shape index (κ3) is 2.56. The van der Waals surface area contributed by atoms with E-state index in [0.717, 1.165) is 11.3 Å². The Hall–Kier alpha value is -1.99. The summed E-state index contributed by atoms with van der Waals surface area (Å²) in [5, 5.41) is 3.09. The predicted molar refractivity (Wildman–Crippen MR) is 79.7 cm³/mol. The monoisotopic (exact) mass is 268 g/mol. The summed E-state index contributed by atoms with van der Waals surface area (Å²) < 4.78 is 5.80. The van der Waals surface area contributed by atoms with Crippen molar-refractivity contribution < 1.29 is 4.74 Å². The molecule has 0 aliphatic heterocycles. The van der Waals surface area contributed by atoms with Crippen LogP contribution < -0.4 is 4.74 Å². The van der Waals surface area contributed by atoms with Crippen LogP contribution in [0.1, 0.15) is 5.56 Å². The Labute approximate surface area is 117 Å². The summed E-state index contributed by atoms with van der Waals surface area (Å²) in [6, 6.07) is 22.1. The van der Waals surface area contributed by atoms with Gasteiger partial charge in [0.1, 0.15) is 12.4 Å². The second kappa shape index (κ2) is 5.33. The predicted octanol–water partition coefficient (Wildman–Crippen LogP) is 5.07. The van der Waals surface area contributed by atoms with Crippen LogP contribution in [0.15, 0.2) is 66.7 Å². The Balaban J connectivity index is 1.88. The highest BCUT2D eigenvalue weighted by Gasteiger charge is 2.03. The smallest absolute Gasteiger partial charge is 0.138 e. The third-order valence-corrected chi connectivity index (χ3v) is 3.41. The van der Waals surface area contributed by atoms with Crippen molar-refractivity contribution in [3.8, 4) is 5.75 Å². The summed E-state index contributed by atoms with van der Waals surface area (Å²) in [4.78, 5) is 0. The van der Waals surface area contributed by atoms with Crippen LogP contribution in [0.4, 0.5) is 0 Å². The minimum Gasteiger partial charge on any atom is -0.487 e. The van der Waals surface area contributed by atoms with Crippen LogP contribution in [0, 0.1) is 0 Å². The number of hydrogen-bond acceptors (Lipinski definition) is 1. The van der Waals surface area contributed by atoms with Gasteiger partial charge in [0.2, 0.25) is 0 Å². The van der Waals surface area contributed by atoms with Gasteiger partial charge in [-0.25, -0.2) is 0 Å². The first-order valence-electron chi connectivity index (χ1n) is 6.18. The topological polar surface area (TPSA) is 9.23 Å². The van der Waals surface area contributed by atoms with Gasteiger partial charge >= 0.3 is 0 Å². The van der Waals surface area contributed by atoms with Gasteiger partial charge in [0, 0.05) is 0 Å². The van der Waals surface area contributed by atoms with Crippen LogP contribution in [0.5, 0.6) is 5.75 Å². The lowest BCUT2D eigenvalue weighted by molar-refractivity contribution is 0.308. The molecule has 0 aromatic heterocycles. The molecule has 0 saturated carbocycles. The molecule has 3 aromatic rings. The van der Waals surface area contributed by atoms with Gasteiger partial charge in [-0.2, -0.15) is 0 Å². The van der Waals surface area contributed by atoms with E-state index in [4.69, 9.17) is 16.3 Å². The van der Waals surface area contributed by atoms with E-state index in [0.29, 0.717) is 11.6 Å². The van der Waals surface area contributed by atoms with E-state index in [9.17, 15) is 0 Å². The Kier molecular flexibility index (Phi) is 3.39. The minimum atomic E-state index is 0.519. The first-order valence-corrected chi connectivity index (χ1v) is 6.56. The molecule has 0 aliphatic carbocycles. The second-order valence-corrected chi connectivity index (χ2v) is 4.76. The van der Waals surface area contributed by atoms with Crippen molar-refractivity contribution in [2.75, 3.05) is 0 Å². The molecule has 0 fully saturated rings. The number of ether oxygens (including phenoxy) is 1. The quantitative estimate of drug-likeness (QED) is 0.644. The molecule has 0 radical (unpaired) electrons. The molecule has 0 bridgehead atoms. The Morgan fingerprint density at radius 1 is 0.789 bits per heavy atom. The summed E-state index contributed by atoms with van der Waals surface area (Å²) in [5.74, 6) is 0.720. The van der Waals surface area contributed by atoms with Crippen molar-refractivity contribution in [3.63, 3.8) is 0 Å². The van der Waals surface area contributed by atoms with Crippen molar-refractivity contribution >= 4 is 22.4 Å². The van der Waals surface area contributed by atoms with Crippen molar-refractivity contribution in [2.45, 2.75) is 6.61 Å². The van der Waals surface area contributed by atoms with Crippen molar-refractivity contribution in [1.29, 1.82) is 0 Å². The van der Waals surface area contributed by atoms with Gasteiger partial charge in [0.05, 0.1) is 5.02 Å². The average Bonchev–Trinajstić information content (AvgIpc) is 2.46. The Morgan fingerprint density at radius 3 is 2.42 bits per heavy atom. The van der Waals surface area contributed by atoms with Gasteiger partial charge in [-0.05, 0) is 28.5 Å². The molecule has 19 heavy (non-hydrogen) atoms. The zero-order valence-electron chi connectivity index (χ0n) is 10.3. The van der Waals surface area contributed by atoms with E-state index in [1.54, 1.807) is 0 Å². The fourth-order valence-corrected chi connectivity index (χ4v) is 2.33. The molecule has 1 nitrogen and oxygen atoms in total. The third-order valence-electron chi connectivity index (χ3n) is 3.10. The SMILES string of the molecule is Clc1ccccc1OCc1cccc2ccccc12. The molecule has 0 heterocycles. The van der Waals surface area contributed by atoms with Crippen molar-refractivity contribution in [2.24, 2.45) is 0 Å². The Bertz CT molecular complexity index is 701. The maximum absolute atomic E-state index is 6.08. The van der Waals surface area contributed by atoms with Crippen LogP contribution in [0.3, 0.4) is 0 Å². The maximum Gasteiger partial charge on any atom is 0.138 e. The van der Waals surface area contributed by atoms with Crippen molar-refractivity contribution in [1.82, 2.24) is 0 Å². The average molecular weight is 269 g/mol. The fraction of sp³-hybridized carbons (Fsp3) is 0.0588. The van der Waals surface area contributed by atoms with E-state index in [1.807, 2.05) is 42.5 Å². The molecule has 0 amide bonds. The standard InChI is InChI=1S/C17H13ClO/c18-16-10-3-4-11-17(16)19-12-14-8-5-7-13-6-1-2-9-15(13)14/h1-11H,12H2. The summed E-state index contributed by atoms with van der Waals surface area (Å²) >= 11 is 6.08. The van der Waals surface area contributed by atoms with Crippen LogP contribution in [-0.2, 0) is 6.61 Å². The minimum absolute atomic E-state index is 0.519. The van der Waals surface area contributed by atoms with E-state index in [2.05, 4.69) is 24.3 Å². The molecule has 94 valence electrons. The first kappa shape index (κ1) is 12.1. The summed E-state index contributed by atoms with van der Waals surface area (Å²) in [6.45, 7) is 0.519.